The van der Waals surface area contributed by atoms with Gasteiger partial charge in [0.25, 0.3) is 0 Å². The number of anilines is 1. The summed E-state index contributed by atoms with van der Waals surface area (Å²) in [6.07, 6.45) is 12.3. The average molecular weight is 391 g/mol. The molecule has 0 amide bonds. The second kappa shape index (κ2) is 9.09. The van der Waals surface area contributed by atoms with E-state index in [0.29, 0.717) is 18.2 Å². The molecule has 0 saturated heterocycles. The van der Waals surface area contributed by atoms with Crippen molar-refractivity contribution in [1.29, 1.82) is 0 Å². The Kier molecular flexibility index (Phi) is 6.33. The molecule has 8 heteroatoms. The number of rotatable bonds is 8. The second-order valence-corrected chi connectivity index (χ2v) is 6.93. The summed E-state index contributed by atoms with van der Waals surface area (Å²) in [6.45, 7) is 10.4. The molecule has 0 unspecified atom stereocenters. The van der Waals surface area contributed by atoms with E-state index >= 15 is 0 Å². The first-order chi connectivity index (χ1) is 14.0. The van der Waals surface area contributed by atoms with Crippen LogP contribution in [0.1, 0.15) is 33.2 Å². The maximum Gasteiger partial charge on any atom is 0.167 e. The largest absolute Gasteiger partial charge is 0.508 e. The summed E-state index contributed by atoms with van der Waals surface area (Å²) in [6, 6.07) is 0.220. The van der Waals surface area contributed by atoms with Crippen LogP contribution in [0.5, 0.6) is 0 Å². The summed E-state index contributed by atoms with van der Waals surface area (Å²) in [4.78, 5) is 22.0. The summed E-state index contributed by atoms with van der Waals surface area (Å²) in [5.74, 6) is 1.36. The molecular weight excluding hydrogens is 366 g/mol. The molecule has 8 nitrogen and oxygen atoms in total. The van der Waals surface area contributed by atoms with Crippen LogP contribution in [0, 0.1) is 0 Å². The minimum absolute atomic E-state index is 0.142. The Bertz CT molecular complexity index is 1050. The maximum atomic E-state index is 9.46. The highest BCUT2D eigenvalue weighted by Crippen LogP contribution is 2.25. The Morgan fingerprint density at radius 3 is 2.69 bits per heavy atom. The van der Waals surface area contributed by atoms with Gasteiger partial charge in [0, 0.05) is 25.0 Å². The molecule has 150 valence electrons. The molecule has 0 aromatic carbocycles. The minimum Gasteiger partial charge on any atom is -0.508 e. The first-order valence-electron chi connectivity index (χ1n) is 9.42. The zero-order valence-corrected chi connectivity index (χ0v) is 16.9. The number of nitrogens with one attached hydrogen (secondary N) is 1. The zero-order chi connectivity index (χ0) is 20.8. The lowest BCUT2D eigenvalue weighted by molar-refractivity contribution is 0.433. The van der Waals surface area contributed by atoms with Crippen LogP contribution in [-0.2, 0) is 0 Å². The van der Waals surface area contributed by atoms with Gasteiger partial charge in [0.05, 0.1) is 11.9 Å². The van der Waals surface area contributed by atoms with Crippen LogP contribution in [0.3, 0.4) is 0 Å². The lowest BCUT2D eigenvalue weighted by Gasteiger charge is -2.11. The number of imidazole rings is 1. The highest BCUT2D eigenvalue weighted by Gasteiger charge is 2.15. The predicted molar refractivity (Wildman–Crippen MR) is 115 cm³/mol. The van der Waals surface area contributed by atoms with Gasteiger partial charge in [-0.3, -0.25) is 0 Å². The van der Waals surface area contributed by atoms with Gasteiger partial charge in [-0.15, -0.1) is 0 Å². The van der Waals surface area contributed by atoms with E-state index in [1.807, 2.05) is 17.6 Å². The summed E-state index contributed by atoms with van der Waals surface area (Å²) in [7, 11) is 0. The van der Waals surface area contributed by atoms with Crippen LogP contribution in [-0.4, -0.2) is 41.1 Å². The molecule has 3 aromatic heterocycles. The number of allylic oxidation sites excluding steroid dienone is 3. The van der Waals surface area contributed by atoms with Crippen molar-refractivity contribution in [2.45, 2.75) is 33.2 Å². The van der Waals surface area contributed by atoms with E-state index in [9.17, 15) is 5.11 Å². The number of aliphatic hydroxyl groups is 1. The molecule has 0 aliphatic rings. The van der Waals surface area contributed by atoms with E-state index in [1.54, 1.807) is 24.8 Å². The Hall–Kier alpha value is -3.55. The molecule has 0 radical (unpaired) electrons. The number of fused-ring (bicyclic) bond motifs is 1. The highest BCUT2D eigenvalue weighted by molar-refractivity contribution is 5.85. The molecule has 3 heterocycles. The van der Waals surface area contributed by atoms with Gasteiger partial charge in [-0.2, -0.15) is 0 Å². The normalized spacial score (nSPS) is 12.6. The van der Waals surface area contributed by atoms with Crippen molar-refractivity contribution in [2.75, 3.05) is 11.9 Å². The van der Waals surface area contributed by atoms with Crippen molar-refractivity contribution in [3.63, 3.8) is 0 Å². The van der Waals surface area contributed by atoms with Crippen molar-refractivity contribution in [3.8, 4) is 11.4 Å². The van der Waals surface area contributed by atoms with E-state index in [0.717, 1.165) is 28.7 Å². The highest BCUT2D eigenvalue weighted by atomic mass is 16.3. The molecule has 29 heavy (non-hydrogen) atoms. The van der Waals surface area contributed by atoms with Crippen LogP contribution < -0.4 is 5.32 Å². The van der Waals surface area contributed by atoms with E-state index in [-0.39, 0.29) is 11.8 Å². The van der Waals surface area contributed by atoms with Gasteiger partial charge in [-0.05, 0) is 39.3 Å². The molecule has 0 atom stereocenters. The van der Waals surface area contributed by atoms with Crippen LogP contribution in [0.25, 0.3) is 22.6 Å². The molecule has 2 N–H and O–H groups in total. The molecule has 0 saturated carbocycles. The third-order valence-electron chi connectivity index (χ3n) is 4.36. The maximum absolute atomic E-state index is 9.46. The third kappa shape index (κ3) is 4.84. The Morgan fingerprint density at radius 1 is 1.24 bits per heavy atom. The first kappa shape index (κ1) is 20.2. The SMILES string of the molecule is C=C/C(O)=C\C=C(/C)CCNc1nc(-c2cncnc2)nc2c1ncn2C(C)C. The molecule has 3 rings (SSSR count). The number of hydrogen-bond donors (Lipinski definition) is 2. The van der Waals surface area contributed by atoms with E-state index in [4.69, 9.17) is 4.98 Å². The van der Waals surface area contributed by atoms with Crippen molar-refractivity contribution in [1.82, 2.24) is 29.5 Å². The van der Waals surface area contributed by atoms with E-state index in [2.05, 4.69) is 45.7 Å². The quantitative estimate of drug-likeness (QED) is 0.437. The molecular formula is C21H25N7O. The molecule has 0 aliphatic carbocycles. The fraction of sp³-hybridized carbons (Fsp3) is 0.286. The number of aromatic nitrogens is 6. The summed E-state index contributed by atoms with van der Waals surface area (Å²) in [5, 5.41) is 12.8. The molecule has 0 bridgehead atoms. The lowest BCUT2D eigenvalue weighted by atomic mass is 10.2. The second-order valence-electron chi connectivity index (χ2n) is 6.93. The van der Waals surface area contributed by atoms with Gasteiger partial charge < -0.3 is 15.0 Å². The van der Waals surface area contributed by atoms with E-state index in [1.165, 1.54) is 12.4 Å². The minimum atomic E-state index is 0.142. The van der Waals surface area contributed by atoms with Crippen LogP contribution in [0.2, 0.25) is 0 Å². The monoisotopic (exact) mass is 391 g/mol. The fourth-order valence-electron chi connectivity index (χ4n) is 2.72. The van der Waals surface area contributed by atoms with Crippen LogP contribution in [0.15, 0.2) is 61.2 Å². The van der Waals surface area contributed by atoms with Gasteiger partial charge >= 0.3 is 0 Å². The van der Waals surface area contributed by atoms with Gasteiger partial charge in [-0.1, -0.05) is 18.2 Å². The smallest absolute Gasteiger partial charge is 0.167 e. The number of nitrogens with zero attached hydrogens (tertiary/aromatic N) is 6. The van der Waals surface area contributed by atoms with Crippen LogP contribution >= 0.6 is 0 Å². The van der Waals surface area contributed by atoms with Crippen LogP contribution in [0.4, 0.5) is 5.82 Å². The van der Waals surface area contributed by atoms with Crippen molar-refractivity contribution in [3.05, 3.63) is 61.2 Å². The molecule has 3 aromatic rings. The van der Waals surface area contributed by atoms with Gasteiger partial charge in [0.1, 0.15) is 17.6 Å². The summed E-state index contributed by atoms with van der Waals surface area (Å²) >= 11 is 0. The zero-order valence-electron chi connectivity index (χ0n) is 16.9. The molecule has 0 fully saturated rings. The van der Waals surface area contributed by atoms with Crippen molar-refractivity contribution < 1.29 is 5.11 Å². The predicted octanol–water partition coefficient (Wildman–Crippen LogP) is 4.24. The van der Waals surface area contributed by atoms with Gasteiger partial charge in [0.15, 0.2) is 17.3 Å². The molecule has 0 spiro atoms. The van der Waals surface area contributed by atoms with Crippen molar-refractivity contribution >= 4 is 17.0 Å². The lowest BCUT2D eigenvalue weighted by Crippen LogP contribution is -2.08. The standard InChI is InChI=1S/C21H25N7O/c1-5-17(29)7-6-15(4)8-9-24-20-18-21(28(13-25-18)14(2)3)27-19(26-20)16-10-22-12-23-11-16/h5-7,10-14,29H,1,8-9H2,2-4H3,(H,24,26,27)/b15-6+,17-7+. The third-order valence-corrected chi connectivity index (χ3v) is 4.36. The fourth-order valence-corrected chi connectivity index (χ4v) is 2.72. The van der Waals surface area contributed by atoms with Gasteiger partial charge in [0.2, 0.25) is 0 Å². The van der Waals surface area contributed by atoms with Crippen molar-refractivity contribution in [2.24, 2.45) is 0 Å². The summed E-state index contributed by atoms with van der Waals surface area (Å²) in [5.41, 5.74) is 3.35. The topological polar surface area (TPSA) is 102 Å². The number of aliphatic hydroxyl groups excluding tert-OH is 1. The Balaban J connectivity index is 1.89. The average Bonchev–Trinajstić information content (AvgIpc) is 3.17. The van der Waals surface area contributed by atoms with Gasteiger partial charge in [-0.25, -0.2) is 24.9 Å². The first-order valence-corrected chi connectivity index (χ1v) is 9.42. The van der Waals surface area contributed by atoms with E-state index < -0.39 is 0 Å². The summed E-state index contributed by atoms with van der Waals surface area (Å²) < 4.78 is 2.02. The number of hydrogen-bond acceptors (Lipinski definition) is 7. The molecule has 0 aliphatic heterocycles. The Labute approximate surface area is 169 Å². The Morgan fingerprint density at radius 2 is 2.00 bits per heavy atom.